The second-order valence-electron chi connectivity index (χ2n) is 7.91. The number of hydrogen-bond acceptors (Lipinski definition) is 2. The molecule has 35 heavy (non-hydrogen) atoms. The zero-order valence-electron chi connectivity index (χ0n) is 18.3. The molecule has 4 aromatic rings. The predicted octanol–water partition coefficient (Wildman–Crippen LogP) is 7.37. The van der Waals surface area contributed by atoms with E-state index in [4.69, 9.17) is 51.1 Å². The number of Topliss-reactive ketones (excluding diaryl/α,β-unsaturated/α-hetero) is 1. The van der Waals surface area contributed by atoms with E-state index in [-0.39, 0.29) is 24.8 Å². The molecule has 4 nitrogen and oxygen atoms in total. The Morgan fingerprint density at radius 1 is 0.943 bits per heavy atom. The van der Waals surface area contributed by atoms with Crippen molar-refractivity contribution in [1.29, 1.82) is 0 Å². The van der Waals surface area contributed by atoms with Crippen molar-refractivity contribution in [2.45, 2.75) is 25.8 Å². The summed E-state index contributed by atoms with van der Waals surface area (Å²) in [5.74, 6) is -0.508. The van der Waals surface area contributed by atoms with E-state index < -0.39 is 6.10 Å². The molecule has 9 heteroatoms. The fraction of sp³-hybridized carbons (Fsp3) is 0.154. The van der Waals surface area contributed by atoms with Crippen molar-refractivity contribution in [3.63, 3.8) is 0 Å². The number of ether oxygens (including phenoxy) is 1. The van der Waals surface area contributed by atoms with Gasteiger partial charge in [-0.1, -0.05) is 58.5 Å². The number of aromatic nitrogens is 2. The first-order valence-electron chi connectivity index (χ1n) is 10.6. The molecule has 1 atom stereocenters. The van der Waals surface area contributed by atoms with Gasteiger partial charge in [0.15, 0.2) is 6.54 Å². The molecule has 0 N–H and O–H groups in total. The van der Waals surface area contributed by atoms with Crippen LogP contribution in [0, 0.1) is 5.82 Å². The molecule has 3 aromatic carbocycles. The summed E-state index contributed by atoms with van der Waals surface area (Å²) >= 11 is 24.9. The van der Waals surface area contributed by atoms with E-state index in [9.17, 15) is 9.18 Å². The van der Waals surface area contributed by atoms with E-state index in [1.54, 1.807) is 41.4 Å². The first-order chi connectivity index (χ1) is 16.8. The highest BCUT2D eigenvalue weighted by atomic mass is 35.5. The van der Waals surface area contributed by atoms with Crippen LogP contribution in [-0.2, 0) is 24.4 Å². The molecule has 0 saturated heterocycles. The fourth-order valence-electron chi connectivity index (χ4n) is 3.56. The summed E-state index contributed by atoms with van der Waals surface area (Å²) in [6.07, 6.45) is 5.00. The van der Waals surface area contributed by atoms with E-state index in [0.717, 1.165) is 11.1 Å². The number of halogens is 5. The third kappa shape index (κ3) is 6.84. The van der Waals surface area contributed by atoms with Crippen LogP contribution >= 0.6 is 46.4 Å². The Morgan fingerprint density at radius 2 is 1.63 bits per heavy atom. The summed E-state index contributed by atoms with van der Waals surface area (Å²) < 4.78 is 23.0. The maximum absolute atomic E-state index is 13.1. The average Bonchev–Trinajstić information content (AvgIpc) is 3.25. The Hall–Kier alpha value is -2.41. The lowest BCUT2D eigenvalue weighted by Crippen LogP contribution is -2.36. The van der Waals surface area contributed by atoms with Gasteiger partial charge in [0.25, 0.3) is 0 Å². The maximum atomic E-state index is 13.1. The molecule has 0 aliphatic carbocycles. The Bertz CT molecular complexity index is 1340. The lowest BCUT2D eigenvalue weighted by molar-refractivity contribution is -0.682. The van der Waals surface area contributed by atoms with Gasteiger partial charge in [0.1, 0.15) is 30.9 Å². The van der Waals surface area contributed by atoms with E-state index in [1.165, 1.54) is 24.3 Å². The average molecular weight is 553 g/mol. The van der Waals surface area contributed by atoms with Crippen LogP contribution < -0.4 is 4.57 Å². The normalized spacial score (nSPS) is 12.0. The van der Waals surface area contributed by atoms with Gasteiger partial charge in [-0.15, -0.1) is 0 Å². The number of carbonyl (C=O) groups excluding carboxylic acids is 1. The van der Waals surface area contributed by atoms with Gasteiger partial charge in [0, 0.05) is 31.2 Å². The summed E-state index contributed by atoms with van der Waals surface area (Å²) in [5, 5.41) is 2.06. The van der Waals surface area contributed by atoms with E-state index in [0.29, 0.717) is 32.2 Å². The van der Waals surface area contributed by atoms with Crippen molar-refractivity contribution < 1.29 is 18.5 Å². The van der Waals surface area contributed by atoms with Gasteiger partial charge in [-0.05, 0) is 54.1 Å². The molecule has 0 radical (unpaired) electrons. The molecule has 0 unspecified atom stereocenters. The van der Waals surface area contributed by atoms with Crippen LogP contribution in [0.3, 0.4) is 0 Å². The number of nitrogens with zero attached hydrogens (tertiary/aromatic N) is 2. The zero-order valence-corrected chi connectivity index (χ0v) is 21.3. The first kappa shape index (κ1) is 25.7. The third-order valence-electron chi connectivity index (χ3n) is 5.38. The molecule has 0 amide bonds. The number of hydrogen-bond donors (Lipinski definition) is 0. The molecule has 0 spiro atoms. The molecular weight excluding hydrogens is 533 g/mol. The van der Waals surface area contributed by atoms with Crippen LogP contribution in [0.2, 0.25) is 20.1 Å². The number of carbonyl (C=O) groups is 1. The van der Waals surface area contributed by atoms with E-state index in [2.05, 4.69) is 0 Å². The lowest BCUT2D eigenvalue weighted by Gasteiger charge is -2.19. The smallest absolute Gasteiger partial charge is 0.244 e. The zero-order chi connectivity index (χ0) is 24.9. The molecule has 0 aliphatic heterocycles. The van der Waals surface area contributed by atoms with Crippen LogP contribution in [0.25, 0.3) is 0 Å². The minimum Gasteiger partial charge on any atom is -0.365 e. The van der Waals surface area contributed by atoms with Crippen molar-refractivity contribution in [3.05, 3.63) is 122 Å². The van der Waals surface area contributed by atoms with Crippen molar-refractivity contribution in [2.75, 3.05) is 0 Å². The van der Waals surface area contributed by atoms with Crippen LogP contribution in [-0.4, -0.2) is 10.4 Å². The summed E-state index contributed by atoms with van der Waals surface area (Å²) in [7, 11) is 0. The Morgan fingerprint density at radius 3 is 2.31 bits per heavy atom. The van der Waals surface area contributed by atoms with E-state index in [1.807, 2.05) is 22.9 Å². The van der Waals surface area contributed by atoms with Crippen molar-refractivity contribution >= 4 is 52.2 Å². The molecule has 1 aromatic heterocycles. The minimum atomic E-state index is -0.430. The molecule has 0 aliphatic rings. The highest BCUT2D eigenvalue weighted by Crippen LogP contribution is 2.31. The van der Waals surface area contributed by atoms with Crippen LogP contribution in [0.15, 0.2) is 79.4 Å². The Kier molecular flexibility index (Phi) is 8.47. The predicted molar refractivity (Wildman–Crippen MR) is 136 cm³/mol. The third-order valence-corrected chi connectivity index (χ3v) is 6.53. The SMILES string of the molecule is O=C(C[n+]1ccn(C[C@H](OCc2ccc(Cl)cc2Cl)c2ccc(Cl)cc2Cl)c1)c1ccc(F)cc1. The number of rotatable bonds is 9. The monoisotopic (exact) mass is 551 g/mol. The quantitative estimate of drug-likeness (QED) is 0.160. The van der Waals surface area contributed by atoms with Crippen molar-refractivity contribution in [2.24, 2.45) is 0 Å². The minimum absolute atomic E-state index is 0.117. The van der Waals surface area contributed by atoms with Gasteiger partial charge in [0.05, 0.1) is 6.61 Å². The summed E-state index contributed by atoms with van der Waals surface area (Å²) in [5.41, 5.74) is 2.00. The van der Waals surface area contributed by atoms with Crippen molar-refractivity contribution in [1.82, 2.24) is 4.57 Å². The molecule has 0 saturated carbocycles. The van der Waals surface area contributed by atoms with Crippen LogP contribution in [0.1, 0.15) is 27.6 Å². The number of ketones is 1. The largest absolute Gasteiger partial charge is 0.365 e. The molecule has 180 valence electrons. The fourth-order valence-corrected chi connectivity index (χ4v) is 4.55. The van der Waals surface area contributed by atoms with Crippen LogP contribution in [0.4, 0.5) is 4.39 Å². The topological polar surface area (TPSA) is 35.1 Å². The summed E-state index contributed by atoms with van der Waals surface area (Å²) in [6.45, 7) is 0.778. The van der Waals surface area contributed by atoms with Gasteiger partial charge in [-0.2, -0.15) is 0 Å². The van der Waals surface area contributed by atoms with Gasteiger partial charge < -0.3 is 4.74 Å². The van der Waals surface area contributed by atoms with Gasteiger partial charge in [0.2, 0.25) is 12.1 Å². The molecular formula is C26H20Cl4FN2O2+. The first-order valence-corrected chi connectivity index (χ1v) is 12.1. The van der Waals surface area contributed by atoms with Gasteiger partial charge in [-0.3, -0.25) is 4.79 Å². The van der Waals surface area contributed by atoms with Gasteiger partial charge in [-0.25, -0.2) is 13.5 Å². The maximum Gasteiger partial charge on any atom is 0.244 e. The second-order valence-corrected chi connectivity index (χ2v) is 9.60. The Labute approximate surface area is 222 Å². The number of imidazole rings is 1. The molecule has 0 bridgehead atoms. The standard InChI is InChI=1S/C26H20Cl4FN2O2/c27-19-4-1-18(23(29)11-19)15-35-26(22-8-5-20(28)12-24(22)30)14-33-10-9-32(16-33)13-25(34)17-2-6-21(31)7-3-17/h1-12,16,26H,13-15H2/q+1/t26-/m0/s1. The summed E-state index contributed by atoms with van der Waals surface area (Å²) in [4.78, 5) is 12.5. The highest BCUT2D eigenvalue weighted by molar-refractivity contribution is 6.35. The van der Waals surface area contributed by atoms with Crippen molar-refractivity contribution in [3.8, 4) is 0 Å². The Balaban J connectivity index is 1.51. The summed E-state index contributed by atoms with van der Waals surface area (Å²) in [6, 6.07) is 16.0. The molecule has 4 rings (SSSR count). The second kappa shape index (κ2) is 11.5. The number of benzene rings is 3. The lowest BCUT2D eigenvalue weighted by atomic mass is 10.1. The van der Waals surface area contributed by atoms with E-state index >= 15 is 0 Å². The molecule has 0 fully saturated rings. The highest BCUT2D eigenvalue weighted by Gasteiger charge is 2.21. The van der Waals surface area contributed by atoms with Crippen LogP contribution in [0.5, 0.6) is 0 Å². The molecule has 1 heterocycles. The van der Waals surface area contributed by atoms with Gasteiger partial charge >= 0.3 is 0 Å².